The number of rotatable bonds is 6. The van der Waals surface area contributed by atoms with E-state index in [-0.39, 0.29) is 6.79 Å². The van der Waals surface area contributed by atoms with Crippen LogP contribution in [-0.4, -0.2) is 23.9 Å². The molecule has 4 rings (SSSR count). The number of para-hydroxylation sites is 2. The van der Waals surface area contributed by atoms with Gasteiger partial charge in [-0.15, -0.1) is 0 Å². The summed E-state index contributed by atoms with van der Waals surface area (Å²) < 4.78 is 16.1. The number of nitrogens with zero attached hydrogens (tertiary/aromatic N) is 2. The SMILES string of the molecule is COc1ccccc1Nc1nc(C)cc(NCc2ccc3c(c2)OCO3)n1. The van der Waals surface area contributed by atoms with Crippen LogP contribution >= 0.6 is 0 Å². The minimum atomic E-state index is 0.273. The number of anilines is 3. The van der Waals surface area contributed by atoms with E-state index in [0.717, 1.165) is 40.0 Å². The summed E-state index contributed by atoms with van der Waals surface area (Å²) in [6.45, 7) is 2.82. The summed E-state index contributed by atoms with van der Waals surface area (Å²) in [6.07, 6.45) is 0. The van der Waals surface area contributed by atoms with Gasteiger partial charge in [0.25, 0.3) is 0 Å². The average molecular weight is 364 g/mol. The maximum Gasteiger partial charge on any atom is 0.231 e. The minimum absolute atomic E-state index is 0.273. The van der Waals surface area contributed by atoms with E-state index in [0.29, 0.717) is 12.5 Å². The maximum absolute atomic E-state index is 5.42. The number of methoxy groups -OCH3 is 1. The molecule has 138 valence electrons. The summed E-state index contributed by atoms with van der Waals surface area (Å²) in [4.78, 5) is 9.00. The topological polar surface area (TPSA) is 77.5 Å². The molecular formula is C20H20N4O3. The molecule has 2 aromatic carbocycles. The van der Waals surface area contributed by atoms with Gasteiger partial charge < -0.3 is 24.8 Å². The van der Waals surface area contributed by atoms with Crippen LogP contribution in [0.2, 0.25) is 0 Å². The van der Waals surface area contributed by atoms with Crippen LogP contribution in [0.1, 0.15) is 11.3 Å². The Kier molecular flexibility index (Phi) is 4.65. The van der Waals surface area contributed by atoms with Crippen molar-refractivity contribution in [1.82, 2.24) is 9.97 Å². The van der Waals surface area contributed by atoms with Gasteiger partial charge in [-0.25, -0.2) is 4.98 Å². The van der Waals surface area contributed by atoms with Crippen molar-refractivity contribution in [3.63, 3.8) is 0 Å². The van der Waals surface area contributed by atoms with E-state index >= 15 is 0 Å². The number of aryl methyl sites for hydroxylation is 1. The lowest BCUT2D eigenvalue weighted by atomic mass is 10.2. The van der Waals surface area contributed by atoms with Gasteiger partial charge >= 0.3 is 0 Å². The largest absolute Gasteiger partial charge is 0.495 e. The molecule has 1 aromatic heterocycles. The Morgan fingerprint density at radius 1 is 1.04 bits per heavy atom. The van der Waals surface area contributed by atoms with E-state index in [9.17, 15) is 0 Å². The Morgan fingerprint density at radius 3 is 2.78 bits per heavy atom. The van der Waals surface area contributed by atoms with Gasteiger partial charge in [-0.3, -0.25) is 0 Å². The zero-order valence-electron chi connectivity index (χ0n) is 15.2. The van der Waals surface area contributed by atoms with E-state index in [2.05, 4.69) is 20.6 Å². The molecule has 1 aliphatic rings. The molecule has 0 spiro atoms. The van der Waals surface area contributed by atoms with Crippen molar-refractivity contribution in [3.8, 4) is 17.2 Å². The van der Waals surface area contributed by atoms with E-state index < -0.39 is 0 Å². The third-order valence-corrected chi connectivity index (χ3v) is 4.12. The number of nitrogens with one attached hydrogen (secondary N) is 2. The van der Waals surface area contributed by atoms with Crippen molar-refractivity contribution >= 4 is 17.5 Å². The molecule has 0 bridgehead atoms. The van der Waals surface area contributed by atoms with Gasteiger partial charge in [-0.05, 0) is 36.8 Å². The van der Waals surface area contributed by atoms with Gasteiger partial charge in [0.2, 0.25) is 12.7 Å². The predicted molar refractivity (Wildman–Crippen MR) is 103 cm³/mol. The fourth-order valence-electron chi connectivity index (χ4n) is 2.83. The summed E-state index contributed by atoms with van der Waals surface area (Å²) in [6, 6.07) is 15.4. The third-order valence-electron chi connectivity index (χ3n) is 4.12. The highest BCUT2D eigenvalue weighted by Gasteiger charge is 2.13. The summed E-state index contributed by atoms with van der Waals surface area (Å²) >= 11 is 0. The number of aromatic nitrogens is 2. The molecule has 0 fully saturated rings. The molecular weight excluding hydrogens is 344 g/mol. The highest BCUT2D eigenvalue weighted by molar-refractivity contribution is 5.63. The van der Waals surface area contributed by atoms with Crippen LogP contribution in [-0.2, 0) is 6.54 Å². The third kappa shape index (κ3) is 3.87. The fraction of sp³-hybridized carbons (Fsp3) is 0.200. The van der Waals surface area contributed by atoms with Gasteiger partial charge in [0.05, 0.1) is 12.8 Å². The molecule has 1 aliphatic heterocycles. The summed E-state index contributed by atoms with van der Waals surface area (Å²) in [5.74, 6) is 3.52. The Balaban J connectivity index is 1.49. The summed E-state index contributed by atoms with van der Waals surface area (Å²) in [7, 11) is 1.63. The fourth-order valence-corrected chi connectivity index (χ4v) is 2.83. The molecule has 0 atom stereocenters. The molecule has 27 heavy (non-hydrogen) atoms. The first-order valence-electron chi connectivity index (χ1n) is 8.59. The lowest BCUT2D eigenvalue weighted by molar-refractivity contribution is 0.174. The number of benzene rings is 2. The number of hydrogen-bond donors (Lipinski definition) is 2. The molecule has 7 heteroatoms. The second kappa shape index (κ2) is 7.41. The van der Waals surface area contributed by atoms with Crippen molar-refractivity contribution in [2.75, 3.05) is 24.5 Å². The average Bonchev–Trinajstić information content (AvgIpc) is 3.14. The van der Waals surface area contributed by atoms with E-state index in [1.165, 1.54) is 0 Å². The Hall–Kier alpha value is -3.48. The Morgan fingerprint density at radius 2 is 1.89 bits per heavy atom. The van der Waals surface area contributed by atoms with Crippen LogP contribution in [0.3, 0.4) is 0 Å². The van der Waals surface area contributed by atoms with E-state index in [1.54, 1.807) is 7.11 Å². The van der Waals surface area contributed by atoms with E-state index in [4.69, 9.17) is 14.2 Å². The lowest BCUT2D eigenvalue weighted by Crippen LogP contribution is -2.06. The van der Waals surface area contributed by atoms with Crippen molar-refractivity contribution < 1.29 is 14.2 Å². The van der Waals surface area contributed by atoms with Gasteiger partial charge in [0.1, 0.15) is 11.6 Å². The van der Waals surface area contributed by atoms with Crippen molar-refractivity contribution in [2.45, 2.75) is 13.5 Å². The highest BCUT2D eigenvalue weighted by Crippen LogP contribution is 2.32. The van der Waals surface area contributed by atoms with Crippen LogP contribution in [0.4, 0.5) is 17.5 Å². The summed E-state index contributed by atoms with van der Waals surface area (Å²) in [5, 5.41) is 6.54. The first-order valence-corrected chi connectivity index (χ1v) is 8.59. The number of ether oxygens (including phenoxy) is 3. The number of fused-ring (bicyclic) bond motifs is 1. The Labute approximate surface area is 157 Å². The number of hydrogen-bond acceptors (Lipinski definition) is 7. The molecule has 7 nitrogen and oxygen atoms in total. The minimum Gasteiger partial charge on any atom is -0.495 e. The normalized spacial score (nSPS) is 11.9. The Bertz CT molecular complexity index is 962. The quantitative estimate of drug-likeness (QED) is 0.687. The van der Waals surface area contributed by atoms with Crippen LogP contribution in [0.25, 0.3) is 0 Å². The van der Waals surface area contributed by atoms with E-state index in [1.807, 2.05) is 55.5 Å². The predicted octanol–water partition coefficient (Wildman–Crippen LogP) is 3.88. The van der Waals surface area contributed by atoms with Gasteiger partial charge in [-0.1, -0.05) is 18.2 Å². The molecule has 0 unspecified atom stereocenters. The second-order valence-electron chi connectivity index (χ2n) is 6.08. The van der Waals surface area contributed by atoms with Crippen LogP contribution in [0.15, 0.2) is 48.5 Å². The smallest absolute Gasteiger partial charge is 0.231 e. The van der Waals surface area contributed by atoms with Crippen LogP contribution in [0.5, 0.6) is 17.2 Å². The van der Waals surface area contributed by atoms with Crippen molar-refractivity contribution in [2.24, 2.45) is 0 Å². The van der Waals surface area contributed by atoms with Gasteiger partial charge in [0, 0.05) is 18.3 Å². The molecule has 0 saturated carbocycles. The first kappa shape index (κ1) is 17.0. The maximum atomic E-state index is 5.42. The molecule has 2 N–H and O–H groups in total. The van der Waals surface area contributed by atoms with Crippen molar-refractivity contribution in [1.29, 1.82) is 0 Å². The molecule has 3 aromatic rings. The standard InChI is InChI=1S/C20H20N4O3/c1-13-9-19(21-11-14-7-8-17-18(10-14)27-12-26-17)24-20(22-13)23-15-5-3-4-6-16(15)25-2/h3-10H,11-12H2,1-2H3,(H2,21,22,23,24). The summed E-state index contributed by atoms with van der Waals surface area (Å²) in [5.41, 5.74) is 2.75. The van der Waals surface area contributed by atoms with Crippen LogP contribution < -0.4 is 24.8 Å². The molecule has 0 aliphatic carbocycles. The second-order valence-corrected chi connectivity index (χ2v) is 6.08. The van der Waals surface area contributed by atoms with Crippen LogP contribution in [0, 0.1) is 6.92 Å². The molecule has 0 radical (unpaired) electrons. The zero-order chi connectivity index (χ0) is 18.6. The zero-order valence-corrected chi connectivity index (χ0v) is 15.2. The van der Waals surface area contributed by atoms with Gasteiger partial charge in [0.15, 0.2) is 11.5 Å². The highest BCUT2D eigenvalue weighted by atomic mass is 16.7. The molecule has 0 amide bonds. The molecule has 2 heterocycles. The monoisotopic (exact) mass is 364 g/mol. The lowest BCUT2D eigenvalue weighted by Gasteiger charge is -2.12. The first-order chi connectivity index (χ1) is 13.2. The molecule has 0 saturated heterocycles. The van der Waals surface area contributed by atoms with Crippen molar-refractivity contribution in [3.05, 3.63) is 59.8 Å². The van der Waals surface area contributed by atoms with Gasteiger partial charge in [-0.2, -0.15) is 4.98 Å².